The summed E-state index contributed by atoms with van der Waals surface area (Å²) in [6.07, 6.45) is 0. The quantitative estimate of drug-likeness (QED) is 0.870. The van der Waals surface area contributed by atoms with Crippen molar-refractivity contribution in [1.82, 2.24) is 4.31 Å². The zero-order chi connectivity index (χ0) is 15.6. The Balaban J connectivity index is 2.25. The van der Waals surface area contributed by atoms with E-state index in [4.69, 9.17) is 0 Å². The van der Waals surface area contributed by atoms with Gasteiger partial charge in [0.1, 0.15) is 0 Å². The minimum absolute atomic E-state index is 0.154. The van der Waals surface area contributed by atoms with Gasteiger partial charge in [0.25, 0.3) is 0 Å². The molecule has 0 heterocycles. The highest BCUT2D eigenvalue weighted by atomic mass is 32.2. The molecule has 0 unspecified atom stereocenters. The predicted octanol–water partition coefficient (Wildman–Crippen LogP) is 3.09. The van der Waals surface area contributed by atoms with Crippen LogP contribution in [0.4, 0.5) is 8.78 Å². The van der Waals surface area contributed by atoms with E-state index in [2.05, 4.69) is 0 Å². The number of nitrogens with zero attached hydrogens (tertiary/aromatic N) is 1. The third-order valence-corrected chi connectivity index (χ3v) is 4.92. The Morgan fingerprint density at radius 1 is 1.00 bits per heavy atom. The highest BCUT2D eigenvalue weighted by molar-refractivity contribution is 7.89. The van der Waals surface area contributed by atoms with Gasteiger partial charge in [0, 0.05) is 13.6 Å². The number of hydrogen-bond acceptors (Lipinski definition) is 2. The van der Waals surface area contributed by atoms with Crippen molar-refractivity contribution in [3.63, 3.8) is 0 Å². The minimum atomic E-state index is -3.86. The fraction of sp³-hybridized carbons (Fsp3) is 0.200. The third-order valence-electron chi connectivity index (χ3n) is 3.13. The second-order valence-electron chi connectivity index (χ2n) is 4.82. The molecule has 0 saturated heterocycles. The number of sulfonamides is 1. The molecule has 0 spiro atoms. The van der Waals surface area contributed by atoms with E-state index < -0.39 is 21.7 Å². The summed E-state index contributed by atoms with van der Waals surface area (Å²) in [7, 11) is -2.46. The maximum absolute atomic E-state index is 13.2. The Labute approximate surface area is 122 Å². The molecule has 0 bridgehead atoms. The molecule has 0 atom stereocenters. The van der Waals surface area contributed by atoms with E-state index in [1.54, 1.807) is 0 Å². The van der Waals surface area contributed by atoms with Crippen molar-refractivity contribution in [3.05, 3.63) is 65.2 Å². The molecular formula is C15H15F2NO2S. The van der Waals surface area contributed by atoms with Crippen LogP contribution in [-0.4, -0.2) is 19.8 Å². The number of aryl methyl sites for hydroxylation is 1. The standard InChI is InChI=1S/C15H15F2NO2S/c1-11-3-5-12(6-4-11)10-18(2)21(19,20)13-7-8-14(16)15(17)9-13/h3-9H,10H2,1-2H3. The van der Waals surface area contributed by atoms with Crippen molar-refractivity contribution in [2.24, 2.45) is 0 Å². The van der Waals surface area contributed by atoms with Gasteiger partial charge in [0.05, 0.1) is 4.90 Å². The summed E-state index contributed by atoms with van der Waals surface area (Å²) in [4.78, 5) is -0.268. The lowest BCUT2D eigenvalue weighted by Crippen LogP contribution is -2.26. The largest absolute Gasteiger partial charge is 0.243 e. The maximum Gasteiger partial charge on any atom is 0.243 e. The maximum atomic E-state index is 13.2. The van der Waals surface area contributed by atoms with Crippen LogP contribution in [0.3, 0.4) is 0 Å². The van der Waals surface area contributed by atoms with Gasteiger partial charge in [-0.1, -0.05) is 29.8 Å². The molecular weight excluding hydrogens is 296 g/mol. The Kier molecular flexibility index (Phi) is 4.39. The van der Waals surface area contributed by atoms with Gasteiger partial charge < -0.3 is 0 Å². The molecule has 2 rings (SSSR count). The van der Waals surface area contributed by atoms with Gasteiger partial charge in [0.15, 0.2) is 11.6 Å². The molecule has 2 aromatic rings. The van der Waals surface area contributed by atoms with Crippen LogP contribution in [0.2, 0.25) is 0 Å². The average molecular weight is 311 g/mol. The highest BCUT2D eigenvalue weighted by Crippen LogP contribution is 2.19. The third kappa shape index (κ3) is 3.46. The summed E-state index contributed by atoms with van der Waals surface area (Å²) < 4.78 is 51.8. The first-order chi connectivity index (χ1) is 9.80. The Hall–Kier alpha value is -1.79. The lowest BCUT2D eigenvalue weighted by Gasteiger charge is -2.17. The number of hydrogen-bond donors (Lipinski definition) is 0. The molecule has 0 radical (unpaired) electrons. The molecule has 2 aromatic carbocycles. The van der Waals surface area contributed by atoms with Gasteiger partial charge in [-0.2, -0.15) is 4.31 Å². The number of benzene rings is 2. The first-order valence-electron chi connectivity index (χ1n) is 6.27. The van der Waals surface area contributed by atoms with E-state index >= 15 is 0 Å². The summed E-state index contributed by atoms with van der Waals surface area (Å²) in [6.45, 7) is 2.09. The second-order valence-corrected chi connectivity index (χ2v) is 6.87. The Morgan fingerprint density at radius 2 is 1.62 bits per heavy atom. The highest BCUT2D eigenvalue weighted by Gasteiger charge is 2.22. The van der Waals surface area contributed by atoms with Crippen LogP contribution in [0.25, 0.3) is 0 Å². The smallest absolute Gasteiger partial charge is 0.207 e. The van der Waals surface area contributed by atoms with Crippen LogP contribution in [0.1, 0.15) is 11.1 Å². The van der Waals surface area contributed by atoms with Gasteiger partial charge >= 0.3 is 0 Å². The molecule has 0 aliphatic carbocycles. The van der Waals surface area contributed by atoms with Crippen molar-refractivity contribution in [2.45, 2.75) is 18.4 Å². The molecule has 112 valence electrons. The van der Waals surface area contributed by atoms with Crippen molar-refractivity contribution in [2.75, 3.05) is 7.05 Å². The molecule has 0 fully saturated rings. The van der Waals surface area contributed by atoms with E-state index in [-0.39, 0.29) is 11.4 Å². The normalized spacial score (nSPS) is 11.9. The fourth-order valence-electron chi connectivity index (χ4n) is 1.85. The first kappa shape index (κ1) is 15.6. The summed E-state index contributed by atoms with van der Waals surface area (Å²) in [5.74, 6) is -2.25. The Bertz CT molecular complexity index is 743. The molecule has 0 amide bonds. The van der Waals surface area contributed by atoms with Crippen molar-refractivity contribution in [3.8, 4) is 0 Å². The summed E-state index contributed by atoms with van der Waals surface area (Å²) >= 11 is 0. The van der Waals surface area contributed by atoms with Crippen molar-refractivity contribution >= 4 is 10.0 Å². The van der Waals surface area contributed by atoms with Crippen LogP contribution >= 0.6 is 0 Å². The predicted molar refractivity (Wildman–Crippen MR) is 76.2 cm³/mol. The number of rotatable bonds is 4. The second kappa shape index (κ2) is 5.91. The average Bonchev–Trinajstić information content (AvgIpc) is 2.44. The van der Waals surface area contributed by atoms with Crippen molar-refractivity contribution < 1.29 is 17.2 Å². The molecule has 21 heavy (non-hydrogen) atoms. The lowest BCUT2D eigenvalue weighted by molar-refractivity contribution is 0.463. The molecule has 0 N–H and O–H groups in total. The fourth-order valence-corrected chi connectivity index (χ4v) is 3.02. The van der Waals surface area contributed by atoms with Gasteiger partial charge in [-0.15, -0.1) is 0 Å². The minimum Gasteiger partial charge on any atom is -0.207 e. The first-order valence-corrected chi connectivity index (χ1v) is 7.71. The van der Waals surface area contributed by atoms with Gasteiger partial charge in [0.2, 0.25) is 10.0 Å². The van der Waals surface area contributed by atoms with E-state index in [1.807, 2.05) is 31.2 Å². The molecule has 3 nitrogen and oxygen atoms in total. The molecule has 0 aliphatic heterocycles. The summed E-state index contributed by atoms with van der Waals surface area (Å²) in [5, 5.41) is 0. The van der Waals surface area contributed by atoms with E-state index in [0.29, 0.717) is 6.07 Å². The van der Waals surface area contributed by atoms with Crippen LogP contribution in [0.15, 0.2) is 47.4 Å². The van der Waals surface area contributed by atoms with Crippen LogP contribution in [0, 0.1) is 18.6 Å². The molecule has 0 saturated carbocycles. The van der Waals surface area contributed by atoms with Crippen LogP contribution < -0.4 is 0 Å². The van der Waals surface area contributed by atoms with Crippen molar-refractivity contribution in [1.29, 1.82) is 0 Å². The molecule has 0 aliphatic rings. The summed E-state index contributed by atoms with van der Waals surface area (Å²) in [6, 6.07) is 9.97. The van der Waals surface area contributed by atoms with Gasteiger partial charge in [-0.3, -0.25) is 0 Å². The topological polar surface area (TPSA) is 37.4 Å². The molecule has 0 aromatic heterocycles. The molecule has 6 heteroatoms. The number of halogens is 2. The van der Waals surface area contributed by atoms with E-state index in [1.165, 1.54) is 7.05 Å². The van der Waals surface area contributed by atoms with E-state index in [0.717, 1.165) is 27.6 Å². The van der Waals surface area contributed by atoms with Gasteiger partial charge in [-0.05, 0) is 30.7 Å². The zero-order valence-electron chi connectivity index (χ0n) is 11.7. The monoisotopic (exact) mass is 311 g/mol. The SMILES string of the molecule is Cc1ccc(CN(C)S(=O)(=O)c2ccc(F)c(F)c2)cc1. The Morgan fingerprint density at radius 3 is 2.19 bits per heavy atom. The lowest BCUT2D eigenvalue weighted by atomic mass is 10.1. The van der Waals surface area contributed by atoms with E-state index in [9.17, 15) is 17.2 Å². The zero-order valence-corrected chi connectivity index (χ0v) is 12.5. The van der Waals surface area contributed by atoms with Crippen LogP contribution in [-0.2, 0) is 16.6 Å². The van der Waals surface area contributed by atoms with Gasteiger partial charge in [-0.25, -0.2) is 17.2 Å². The summed E-state index contributed by atoms with van der Waals surface area (Å²) in [5.41, 5.74) is 1.89. The van der Waals surface area contributed by atoms with Crippen LogP contribution in [0.5, 0.6) is 0 Å².